The average Bonchev–Trinajstić information content (AvgIpc) is 2.72. The van der Waals surface area contributed by atoms with Gasteiger partial charge in [0.05, 0.1) is 26.8 Å². The van der Waals surface area contributed by atoms with Gasteiger partial charge >= 0.3 is 0 Å². The summed E-state index contributed by atoms with van der Waals surface area (Å²) >= 11 is 19.0. The van der Waals surface area contributed by atoms with Crippen LogP contribution in [0.5, 0.6) is 11.5 Å². The zero-order chi connectivity index (χ0) is 23.2. The summed E-state index contributed by atoms with van der Waals surface area (Å²) < 4.78 is 44.5. The van der Waals surface area contributed by atoms with Gasteiger partial charge in [0.25, 0.3) is 0 Å². The molecule has 10 heteroatoms. The summed E-state index contributed by atoms with van der Waals surface area (Å²) in [6.45, 7) is 1.58. The van der Waals surface area contributed by atoms with Crippen molar-refractivity contribution in [3.8, 4) is 22.6 Å². The Morgan fingerprint density at radius 1 is 1.03 bits per heavy atom. The fraction of sp³-hybridized carbons (Fsp3) is 0.0455. The van der Waals surface area contributed by atoms with Crippen LogP contribution in [0.1, 0.15) is 5.56 Å². The summed E-state index contributed by atoms with van der Waals surface area (Å²) in [5, 5.41) is 5.91. The zero-order valence-electron chi connectivity index (χ0n) is 16.4. The van der Waals surface area contributed by atoms with Crippen LogP contribution in [0.3, 0.4) is 0 Å². The number of primary sulfonamides is 1. The van der Waals surface area contributed by atoms with Crippen LogP contribution in [0.2, 0.25) is 15.1 Å². The van der Waals surface area contributed by atoms with Gasteiger partial charge in [0.1, 0.15) is 10.6 Å². The molecule has 1 heterocycles. The molecule has 0 amide bonds. The summed E-state index contributed by atoms with van der Waals surface area (Å²) in [6.07, 6.45) is 1.46. The van der Waals surface area contributed by atoms with E-state index in [1.54, 1.807) is 13.0 Å². The van der Waals surface area contributed by atoms with Crippen LogP contribution >= 0.6 is 34.8 Å². The molecule has 4 aromatic rings. The van der Waals surface area contributed by atoms with Crippen molar-refractivity contribution in [2.24, 2.45) is 5.14 Å². The van der Waals surface area contributed by atoms with Crippen LogP contribution in [-0.2, 0) is 10.0 Å². The third-order valence-corrected chi connectivity index (χ3v) is 6.94. The van der Waals surface area contributed by atoms with Gasteiger partial charge in [-0.2, -0.15) is 0 Å². The SMILES string of the molecule is Cc1cc(S(N)(=O)=O)c(Cl)c(-c2cc(F)c(Oc3cnc4ccccc4c3)c(Cl)c2)c1Cl. The van der Waals surface area contributed by atoms with E-state index < -0.39 is 15.8 Å². The number of nitrogens with two attached hydrogens (primary N) is 1. The second kappa shape index (κ2) is 8.50. The minimum atomic E-state index is -4.14. The Hall–Kier alpha value is -2.42. The number of fused-ring (bicyclic) bond motifs is 1. The molecule has 3 aromatic carbocycles. The number of rotatable bonds is 4. The first kappa shape index (κ1) is 22.8. The Bertz CT molecular complexity index is 1470. The molecule has 1 aromatic heterocycles. The van der Waals surface area contributed by atoms with E-state index in [1.165, 1.54) is 18.3 Å². The topological polar surface area (TPSA) is 82.3 Å². The van der Waals surface area contributed by atoms with Gasteiger partial charge in [-0.3, -0.25) is 4.98 Å². The average molecular weight is 512 g/mol. The molecule has 2 N–H and O–H groups in total. The van der Waals surface area contributed by atoms with E-state index in [0.717, 1.165) is 17.0 Å². The van der Waals surface area contributed by atoms with Gasteiger partial charge in [-0.25, -0.2) is 17.9 Å². The van der Waals surface area contributed by atoms with E-state index in [-0.39, 0.29) is 36.8 Å². The first-order chi connectivity index (χ1) is 15.1. The first-order valence-corrected chi connectivity index (χ1v) is 11.8. The number of para-hydroxylation sites is 1. The van der Waals surface area contributed by atoms with E-state index in [2.05, 4.69) is 4.98 Å². The molecule has 0 unspecified atom stereocenters. The molecule has 0 spiro atoms. The van der Waals surface area contributed by atoms with E-state index >= 15 is 4.39 Å². The van der Waals surface area contributed by atoms with Crippen LogP contribution < -0.4 is 9.88 Å². The highest BCUT2D eigenvalue weighted by atomic mass is 35.5. The summed E-state index contributed by atoms with van der Waals surface area (Å²) in [5.74, 6) is -0.731. The van der Waals surface area contributed by atoms with Crippen molar-refractivity contribution in [2.75, 3.05) is 0 Å². The maximum absolute atomic E-state index is 15.0. The molecule has 0 bridgehead atoms. The number of halogens is 4. The highest BCUT2D eigenvalue weighted by Gasteiger charge is 2.23. The molecule has 32 heavy (non-hydrogen) atoms. The van der Waals surface area contributed by atoms with Gasteiger partial charge in [0.15, 0.2) is 11.6 Å². The second-order valence-electron chi connectivity index (χ2n) is 6.97. The highest BCUT2D eigenvalue weighted by molar-refractivity contribution is 7.89. The standard InChI is InChI=1S/C22H14Cl3FN2O3S/c1-11-6-18(32(27,29)30)21(25)19(20(11)24)13-8-15(23)22(16(26)9-13)31-14-7-12-4-2-3-5-17(12)28-10-14/h2-10H,1H3,(H2,27,29,30). The minimum absolute atomic E-state index is 0.0704. The zero-order valence-corrected chi connectivity index (χ0v) is 19.4. The van der Waals surface area contributed by atoms with Crippen molar-refractivity contribution in [2.45, 2.75) is 11.8 Å². The van der Waals surface area contributed by atoms with E-state index in [9.17, 15) is 8.42 Å². The molecular weight excluding hydrogens is 498 g/mol. The van der Waals surface area contributed by atoms with Crippen molar-refractivity contribution in [3.63, 3.8) is 0 Å². The van der Waals surface area contributed by atoms with Gasteiger partial charge in [-0.05, 0) is 48.4 Å². The lowest BCUT2D eigenvalue weighted by molar-refractivity contribution is 0.442. The summed E-state index contributed by atoms with van der Waals surface area (Å²) in [5.41, 5.74) is 1.42. The number of nitrogens with zero attached hydrogens (tertiary/aromatic N) is 1. The van der Waals surface area contributed by atoms with Crippen LogP contribution in [0.15, 0.2) is 59.6 Å². The monoisotopic (exact) mass is 510 g/mol. The molecule has 0 saturated heterocycles. The molecule has 0 radical (unpaired) electrons. The Morgan fingerprint density at radius 2 is 1.75 bits per heavy atom. The van der Waals surface area contributed by atoms with Gasteiger partial charge in [0, 0.05) is 10.9 Å². The number of aromatic nitrogens is 1. The lowest BCUT2D eigenvalue weighted by atomic mass is 10.0. The van der Waals surface area contributed by atoms with Gasteiger partial charge in [0.2, 0.25) is 10.0 Å². The first-order valence-electron chi connectivity index (χ1n) is 9.09. The van der Waals surface area contributed by atoms with Crippen molar-refractivity contribution >= 4 is 55.7 Å². The predicted molar refractivity (Wildman–Crippen MR) is 125 cm³/mol. The normalized spacial score (nSPS) is 11.7. The lowest BCUT2D eigenvalue weighted by Gasteiger charge is -2.15. The molecule has 0 aliphatic rings. The maximum atomic E-state index is 15.0. The minimum Gasteiger partial charge on any atom is -0.451 e. The number of ether oxygens (including phenoxy) is 1. The van der Waals surface area contributed by atoms with Crippen LogP contribution in [0.25, 0.3) is 22.0 Å². The number of aryl methyl sites for hydroxylation is 1. The van der Waals surface area contributed by atoms with Crippen molar-refractivity contribution in [3.05, 3.63) is 81.2 Å². The largest absolute Gasteiger partial charge is 0.451 e. The maximum Gasteiger partial charge on any atom is 0.239 e. The summed E-state index contributed by atoms with van der Waals surface area (Å²) in [6, 6.07) is 12.8. The Morgan fingerprint density at radius 3 is 2.44 bits per heavy atom. The number of sulfonamides is 1. The summed E-state index contributed by atoms with van der Waals surface area (Å²) in [7, 11) is -4.14. The third-order valence-electron chi connectivity index (χ3n) is 4.73. The number of benzene rings is 3. The molecule has 0 aliphatic heterocycles. The molecule has 4 rings (SSSR count). The summed E-state index contributed by atoms with van der Waals surface area (Å²) in [4.78, 5) is 3.95. The van der Waals surface area contributed by atoms with Crippen molar-refractivity contribution in [1.29, 1.82) is 0 Å². The number of hydrogen-bond acceptors (Lipinski definition) is 4. The smallest absolute Gasteiger partial charge is 0.239 e. The van der Waals surface area contributed by atoms with Crippen LogP contribution in [0.4, 0.5) is 4.39 Å². The molecule has 0 atom stereocenters. The second-order valence-corrected chi connectivity index (χ2v) is 9.67. The predicted octanol–water partition coefficient (Wildman–Crippen LogP) is 6.75. The molecular formula is C22H14Cl3FN2O3S. The van der Waals surface area contributed by atoms with E-state index in [1.807, 2.05) is 24.3 Å². The quantitative estimate of drug-likeness (QED) is 0.328. The lowest BCUT2D eigenvalue weighted by Crippen LogP contribution is -2.13. The fourth-order valence-electron chi connectivity index (χ4n) is 3.23. The Balaban J connectivity index is 1.80. The number of pyridine rings is 1. The van der Waals surface area contributed by atoms with E-state index in [0.29, 0.717) is 11.3 Å². The molecule has 0 aliphatic carbocycles. The highest BCUT2D eigenvalue weighted by Crippen LogP contribution is 2.44. The van der Waals surface area contributed by atoms with Crippen molar-refractivity contribution in [1.82, 2.24) is 4.98 Å². The fourth-order valence-corrected chi connectivity index (χ4v) is 5.05. The van der Waals surface area contributed by atoms with Crippen molar-refractivity contribution < 1.29 is 17.5 Å². The van der Waals surface area contributed by atoms with Gasteiger partial charge in [-0.1, -0.05) is 53.0 Å². The molecule has 164 valence electrons. The van der Waals surface area contributed by atoms with Crippen LogP contribution in [-0.4, -0.2) is 13.4 Å². The molecule has 0 fully saturated rings. The van der Waals surface area contributed by atoms with Gasteiger partial charge < -0.3 is 4.74 Å². The number of hydrogen-bond donors (Lipinski definition) is 1. The molecule has 5 nitrogen and oxygen atoms in total. The molecule has 0 saturated carbocycles. The van der Waals surface area contributed by atoms with E-state index in [4.69, 9.17) is 44.7 Å². The Kier molecular flexibility index (Phi) is 6.04. The van der Waals surface area contributed by atoms with Gasteiger partial charge in [-0.15, -0.1) is 0 Å². The Labute approximate surface area is 198 Å². The van der Waals surface area contributed by atoms with Crippen LogP contribution in [0, 0.1) is 12.7 Å². The third kappa shape index (κ3) is 4.27.